The van der Waals surface area contributed by atoms with Crippen LogP contribution in [0.1, 0.15) is 24.2 Å². The molecule has 5 N–H and O–H groups in total. The van der Waals surface area contributed by atoms with Crippen LogP contribution in [0.5, 0.6) is 0 Å². The lowest BCUT2D eigenvalue weighted by atomic mass is 10.1. The minimum atomic E-state index is -3.29. The van der Waals surface area contributed by atoms with Gasteiger partial charge >= 0.3 is 0 Å². The van der Waals surface area contributed by atoms with Crippen LogP contribution in [0.3, 0.4) is 0 Å². The Labute approximate surface area is 174 Å². The number of aromatic nitrogens is 4. The number of nitrogen functional groups attached to an aromatic ring is 1. The quantitative estimate of drug-likeness (QED) is 0.554. The summed E-state index contributed by atoms with van der Waals surface area (Å²) in [4.78, 5) is 16.7. The van der Waals surface area contributed by atoms with Gasteiger partial charge in [0.25, 0.3) is 0 Å². The maximum absolute atomic E-state index is 12.3. The molecule has 3 heterocycles. The Bertz CT molecular complexity index is 1150. The molecular formula is C19H31N7O2S. The van der Waals surface area contributed by atoms with Gasteiger partial charge in [0.15, 0.2) is 11.6 Å². The maximum Gasteiger partial charge on any atom is 0.214 e. The molecule has 3 aromatic rings. The van der Waals surface area contributed by atoms with Crippen LogP contribution in [-0.4, -0.2) is 58.0 Å². The Balaban J connectivity index is 0.00000256. The first-order valence-electron chi connectivity index (χ1n) is 9.43. The summed E-state index contributed by atoms with van der Waals surface area (Å²) in [6.45, 7) is 1.08. The first-order valence-corrected chi connectivity index (χ1v) is 11.0. The summed E-state index contributed by atoms with van der Waals surface area (Å²) in [6, 6.07) is 7.68. The zero-order chi connectivity index (χ0) is 20.4. The van der Waals surface area contributed by atoms with E-state index >= 15 is 0 Å². The number of hydrogen-bond acceptors (Lipinski definition) is 7. The number of sulfonamides is 1. The van der Waals surface area contributed by atoms with Gasteiger partial charge in [0, 0.05) is 18.8 Å². The number of benzene rings is 1. The minimum absolute atomic E-state index is 0. The Morgan fingerprint density at radius 2 is 2.07 bits per heavy atom. The molecule has 0 aliphatic carbocycles. The van der Waals surface area contributed by atoms with Gasteiger partial charge in [-0.2, -0.15) is 4.31 Å². The van der Waals surface area contributed by atoms with Gasteiger partial charge in [-0.05, 0) is 37.1 Å². The topological polar surface area (TPSA) is 144 Å². The number of nitrogens with two attached hydrogens (primary N) is 2. The second-order valence-corrected chi connectivity index (χ2v) is 8.98. The summed E-state index contributed by atoms with van der Waals surface area (Å²) in [6.07, 6.45) is 4.51. The number of fused-ring (bicyclic) bond motifs is 1. The van der Waals surface area contributed by atoms with Gasteiger partial charge in [-0.15, -0.1) is 0 Å². The molecule has 10 heteroatoms. The van der Waals surface area contributed by atoms with Crippen molar-refractivity contribution in [2.45, 2.75) is 12.8 Å². The predicted molar refractivity (Wildman–Crippen MR) is 122 cm³/mol. The van der Waals surface area contributed by atoms with Crippen molar-refractivity contribution in [2.24, 2.45) is 5.73 Å². The number of H-pyrrole nitrogens is 1. The van der Waals surface area contributed by atoms with E-state index in [1.54, 1.807) is 6.20 Å². The highest BCUT2D eigenvalue weighted by Crippen LogP contribution is 2.27. The highest BCUT2D eigenvalue weighted by atomic mass is 32.2. The number of hydrogen-bond donors (Lipinski definition) is 3. The van der Waals surface area contributed by atoms with E-state index in [0.29, 0.717) is 49.7 Å². The number of rotatable bonds is 6. The Kier molecular flexibility index (Phi) is 5.31. The molecule has 4 rings (SSSR count). The van der Waals surface area contributed by atoms with E-state index in [1.807, 2.05) is 30.3 Å². The number of nitrogens with one attached hydrogen (secondary N) is 1. The molecule has 0 amide bonds. The number of aromatic amines is 1. The summed E-state index contributed by atoms with van der Waals surface area (Å²) in [5.74, 6) is 0.917. The van der Waals surface area contributed by atoms with E-state index in [-0.39, 0.29) is 17.3 Å². The van der Waals surface area contributed by atoms with Gasteiger partial charge in [0.1, 0.15) is 5.69 Å². The second-order valence-electron chi connectivity index (χ2n) is 6.89. The summed E-state index contributed by atoms with van der Waals surface area (Å²) < 4.78 is 26.2. The fourth-order valence-electron chi connectivity index (χ4n) is 3.32. The van der Waals surface area contributed by atoms with E-state index in [2.05, 4.69) is 19.9 Å². The molecular weight excluding hydrogens is 390 g/mol. The van der Waals surface area contributed by atoms with Crippen molar-refractivity contribution in [2.75, 3.05) is 31.1 Å². The van der Waals surface area contributed by atoms with Gasteiger partial charge in [0.2, 0.25) is 10.0 Å². The lowest BCUT2D eigenvalue weighted by Crippen LogP contribution is -2.36. The lowest BCUT2D eigenvalue weighted by Gasteiger charge is -2.25. The first-order chi connectivity index (χ1) is 14.0. The molecule has 1 aliphatic heterocycles. The summed E-state index contributed by atoms with van der Waals surface area (Å²) in [5, 5.41) is 0. The fraction of sp³-hybridized carbons (Fsp3) is 0.316. The lowest BCUT2D eigenvalue weighted by molar-refractivity contribution is 0.440. The molecule has 0 unspecified atom stereocenters. The van der Waals surface area contributed by atoms with E-state index in [4.69, 9.17) is 11.5 Å². The van der Waals surface area contributed by atoms with Crippen molar-refractivity contribution in [3.8, 4) is 11.5 Å². The van der Waals surface area contributed by atoms with Crippen LogP contribution >= 0.6 is 0 Å². The number of anilines is 1. The summed E-state index contributed by atoms with van der Waals surface area (Å²) in [5.41, 5.74) is 15.3. The summed E-state index contributed by atoms with van der Waals surface area (Å²) >= 11 is 0. The first kappa shape index (κ1) is 19.5. The van der Waals surface area contributed by atoms with E-state index in [1.165, 1.54) is 4.31 Å². The van der Waals surface area contributed by atoms with Crippen molar-refractivity contribution in [3.05, 3.63) is 42.2 Å². The van der Waals surface area contributed by atoms with Gasteiger partial charge in [-0.25, -0.2) is 23.4 Å². The zero-order valence-electron chi connectivity index (χ0n) is 15.9. The Hall–Kier alpha value is -2.82. The Morgan fingerprint density at radius 3 is 2.79 bits per heavy atom. The standard InChI is InChI=1S/C19H23N7O2S.4H2/c20-8-3-11-29(27,28)26-9-6-13(7-10-26)16-12-22-18(21)17(23-16)19-24-14-4-1-2-5-15(14)25-19;;;;/h1-2,4-6,12H,3,7-11,20H2,(H2,21,22)(H,24,25);4*1H. The molecule has 29 heavy (non-hydrogen) atoms. The fourth-order valence-corrected chi connectivity index (χ4v) is 4.78. The van der Waals surface area contributed by atoms with Gasteiger partial charge in [0.05, 0.1) is 28.7 Å². The molecule has 160 valence electrons. The van der Waals surface area contributed by atoms with Crippen LogP contribution in [0.15, 0.2) is 36.5 Å². The van der Waals surface area contributed by atoms with Crippen molar-refractivity contribution in [3.63, 3.8) is 0 Å². The number of nitrogens with zero attached hydrogens (tertiary/aromatic N) is 4. The largest absolute Gasteiger partial charge is 0.382 e. The van der Waals surface area contributed by atoms with Crippen LogP contribution in [0.25, 0.3) is 28.1 Å². The molecule has 1 aliphatic rings. The third kappa shape index (κ3) is 4.00. The van der Waals surface area contributed by atoms with Crippen molar-refractivity contribution in [1.29, 1.82) is 0 Å². The molecule has 1 aromatic carbocycles. The van der Waals surface area contributed by atoms with Crippen LogP contribution in [0.4, 0.5) is 5.82 Å². The van der Waals surface area contributed by atoms with Crippen LogP contribution < -0.4 is 11.5 Å². The highest BCUT2D eigenvalue weighted by molar-refractivity contribution is 7.89. The average molecular weight is 422 g/mol. The molecule has 0 fully saturated rings. The highest BCUT2D eigenvalue weighted by Gasteiger charge is 2.25. The zero-order valence-corrected chi connectivity index (χ0v) is 16.7. The van der Waals surface area contributed by atoms with E-state index < -0.39 is 10.0 Å². The average Bonchev–Trinajstić information content (AvgIpc) is 3.17. The molecule has 0 radical (unpaired) electrons. The number of imidazole rings is 1. The van der Waals surface area contributed by atoms with Gasteiger partial charge < -0.3 is 16.5 Å². The third-order valence-electron chi connectivity index (χ3n) is 4.92. The molecule has 2 aromatic heterocycles. The maximum atomic E-state index is 12.3. The van der Waals surface area contributed by atoms with Crippen LogP contribution in [0, 0.1) is 0 Å². The van der Waals surface area contributed by atoms with Crippen molar-refractivity contribution < 1.29 is 14.1 Å². The Morgan fingerprint density at radius 1 is 1.24 bits per heavy atom. The van der Waals surface area contributed by atoms with Crippen LogP contribution in [-0.2, 0) is 10.0 Å². The summed E-state index contributed by atoms with van der Waals surface area (Å²) in [7, 11) is -3.29. The third-order valence-corrected chi connectivity index (χ3v) is 6.84. The molecule has 0 atom stereocenters. The molecule has 0 saturated heterocycles. The van der Waals surface area contributed by atoms with Crippen molar-refractivity contribution in [1.82, 2.24) is 24.2 Å². The van der Waals surface area contributed by atoms with E-state index in [0.717, 1.165) is 16.6 Å². The van der Waals surface area contributed by atoms with E-state index in [9.17, 15) is 8.42 Å². The van der Waals surface area contributed by atoms with Crippen LogP contribution in [0.2, 0.25) is 0 Å². The molecule has 0 saturated carbocycles. The number of para-hydroxylation sites is 2. The SMILES string of the molecule is NCCCS(=O)(=O)N1CC=C(c2cnc(N)c(-c3nc4ccccc4[nH]3)n2)CC1.[HH].[HH].[HH].[HH]. The van der Waals surface area contributed by atoms with Gasteiger partial charge in [-0.3, -0.25) is 0 Å². The monoisotopic (exact) mass is 421 g/mol. The minimum Gasteiger partial charge on any atom is -0.382 e. The predicted octanol–water partition coefficient (Wildman–Crippen LogP) is 2.35. The normalized spacial score (nSPS) is 15.6. The van der Waals surface area contributed by atoms with Crippen molar-refractivity contribution >= 4 is 32.4 Å². The molecule has 0 bridgehead atoms. The van der Waals surface area contributed by atoms with Gasteiger partial charge in [-0.1, -0.05) is 18.2 Å². The molecule has 9 nitrogen and oxygen atoms in total. The molecule has 0 spiro atoms. The smallest absolute Gasteiger partial charge is 0.214 e. The second kappa shape index (κ2) is 7.90.